The first-order valence-electron chi connectivity index (χ1n) is 9.11. The summed E-state index contributed by atoms with van der Waals surface area (Å²) in [6.07, 6.45) is 2.18. The van der Waals surface area contributed by atoms with Crippen molar-refractivity contribution in [2.24, 2.45) is 7.05 Å². The minimum atomic E-state index is 0.350. The summed E-state index contributed by atoms with van der Waals surface area (Å²) in [7, 11) is 2.07. The number of hydrogen-bond donors (Lipinski definition) is 0. The fraction of sp³-hybridized carbons (Fsp3) is 0.261. The van der Waals surface area contributed by atoms with Crippen molar-refractivity contribution in [1.82, 2.24) is 4.98 Å². The normalized spacial score (nSPS) is 11.4. The molecule has 0 unspecified atom stereocenters. The van der Waals surface area contributed by atoms with E-state index in [1.807, 2.05) is 6.07 Å². The number of rotatable bonds is 2. The molecule has 4 aromatic rings. The lowest BCUT2D eigenvalue weighted by atomic mass is 9.94. The highest BCUT2D eigenvalue weighted by Gasteiger charge is 2.23. The fourth-order valence-electron chi connectivity index (χ4n) is 3.86. The van der Waals surface area contributed by atoms with E-state index in [0.717, 1.165) is 33.2 Å². The topological polar surface area (TPSA) is 34.3 Å². The molecule has 3 heterocycles. The predicted octanol–water partition coefficient (Wildman–Crippen LogP) is 5.76. The first-order chi connectivity index (χ1) is 12.9. The summed E-state index contributed by atoms with van der Waals surface area (Å²) in [4.78, 5) is 7.77. The summed E-state index contributed by atoms with van der Waals surface area (Å²) in [5, 5.41) is 1.97. The molecule has 4 heteroatoms. The van der Waals surface area contributed by atoms with Crippen molar-refractivity contribution in [3.63, 3.8) is 0 Å². The van der Waals surface area contributed by atoms with Gasteiger partial charge in [0.15, 0.2) is 11.8 Å². The number of fused-ring (bicyclic) bond motifs is 3. The minimum absolute atomic E-state index is 0.350. The molecule has 0 radical (unpaired) electrons. The molecule has 0 amide bonds. The standard InChI is InChI=1S/C23H22N3O/c1-13(2)18-11-19(26(6)12-15(18)4)21-14(3)7-8-16-17-9-10-20(24-5)25-23(17)27-22(16)21/h7-13H,1-4,6H3/q+1. The van der Waals surface area contributed by atoms with Crippen molar-refractivity contribution in [1.29, 1.82) is 0 Å². The van der Waals surface area contributed by atoms with Crippen LogP contribution in [0.1, 0.15) is 36.5 Å². The molecule has 0 saturated heterocycles. The van der Waals surface area contributed by atoms with Gasteiger partial charge in [0, 0.05) is 17.0 Å². The zero-order valence-corrected chi connectivity index (χ0v) is 16.3. The van der Waals surface area contributed by atoms with Crippen molar-refractivity contribution >= 4 is 27.9 Å². The number of nitrogens with zero attached hydrogens (tertiary/aromatic N) is 3. The van der Waals surface area contributed by atoms with E-state index in [-0.39, 0.29) is 0 Å². The maximum Gasteiger partial charge on any atom is 0.322 e. The van der Waals surface area contributed by atoms with Gasteiger partial charge in [0.1, 0.15) is 7.05 Å². The lowest BCUT2D eigenvalue weighted by Crippen LogP contribution is -2.32. The third-order valence-corrected chi connectivity index (χ3v) is 5.21. The number of pyridine rings is 2. The van der Waals surface area contributed by atoms with E-state index in [1.165, 1.54) is 11.1 Å². The van der Waals surface area contributed by atoms with Gasteiger partial charge in [-0.15, -0.1) is 0 Å². The quantitative estimate of drug-likeness (QED) is 0.338. The highest BCUT2D eigenvalue weighted by Crippen LogP contribution is 2.37. The molecule has 134 valence electrons. The van der Waals surface area contributed by atoms with Crippen LogP contribution in [-0.2, 0) is 7.05 Å². The van der Waals surface area contributed by atoms with Gasteiger partial charge in [0.05, 0.1) is 10.9 Å². The third-order valence-electron chi connectivity index (χ3n) is 5.21. The largest absolute Gasteiger partial charge is 0.419 e. The highest BCUT2D eigenvalue weighted by atomic mass is 16.3. The predicted molar refractivity (Wildman–Crippen MR) is 108 cm³/mol. The van der Waals surface area contributed by atoms with Crippen LogP contribution in [0.5, 0.6) is 0 Å². The summed E-state index contributed by atoms with van der Waals surface area (Å²) < 4.78 is 8.34. The van der Waals surface area contributed by atoms with E-state index in [9.17, 15) is 0 Å². The second kappa shape index (κ2) is 6.21. The maximum atomic E-state index is 7.19. The molecule has 3 aromatic heterocycles. The molecule has 0 aliphatic heterocycles. The lowest BCUT2D eigenvalue weighted by molar-refractivity contribution is -0.660. The van der Waals surface area contributed by atoms with E-state index in [1.54, 1.807) is 6.07 Å². The van der Waals surface area contributed by atoms with Crippen LogP contribution in [-0.4, -0.2) is 4.98 Å². The molecule has 4 nitrogen and oxygen atoms in total. The molecule has 1 aromatic carbocycles. The van der Waals surface area contributed by atoms with Crippen LogP contribution in [0.15, 0.2) is 40.9 Å². The van der Waals surface area contributed by atoms with Crippen LogP contribution >= 0.6 is 0 Å². The van der Waals surface area contributed by atoms with Crippen molar-refractivity contribution in [2.75, 3.05) is 0 Å². The van der Waals surface area contributed by atoms with Crippen molar-refractivity contribution in [3.05, 3.63) is 64.6 Å². The maximum absolute atomic E-state index is 7.19. The molecule has 0 atom stereocenters. The first kappa shape index (κ1) is 17.2. The molecule has 0 spiro atoms. The zero-order chi connectivity index (χ0) is 19.3. The number of furan rings is 1. The summed E-state index contributed by atoms with van der Waals surface area (Å²) >= 11 is 0. The van der Waals surface area contributed by atoms with Gasteiger partial charge >= 0.3 is 5.71 Å². The van der Waals surface area contributed by atoms with Crippen LogP contribution in [0.3, 0.4) is 0 Å². The Morgan fingerprint density at radius 3 is 2.52 bits per heavy atom. The first-order valence-corrected chi connectivity index (χ1v) is 9.11. The molecular weight excluding hydrogens is 334 g/mol. The van der Waals surface area contributed by atoms with Gasteiger partial charge in [-0.05, 0) is 37.0 Å². The Labute approximate surface area is 158 Å². The smallest absolute Gasteiger partial charge is 0.322 e. The Balaban J connectivity index is 2.09. The Hall–Kier alpha value is -3.19. The second-order valence-corrected chi connectivity index (χ2v) is 7.43. The van der Waals surface area contributed by atoms with Crippen LogP contribution in [0, 0.1) is 20.4 Å². The molecule has 0 N–H and O–H groups in total. The number of aromatic nitrogens is 2. The minimum Gasteiger partial charge on any atom is -0.419 e. The van der Waals surface area contributed by atoms with E-state index < -0.39 is 0 Å². The summed E-state index contributed by atoms with van der Waals surface area (Å²) in [6, 6.07) is 10.1. The number of aryl methyl sites for hydroxylation is 3. The average molecular weight is 356 g/mol. The van der Waals surface area contributed by atoms with Crippen LogP contribution in [0.4, 0.5) is 5.82 Å². The van der Waals surface area contributed by atoms with Crippen LogP contribution < -0.4 is 4.57 Å². The third kappa shape index (κ3) is 2.67. The van der Waals surface area contributed by atoms with Crippen molar-refractivity contribution in [2.45, 2.75) is 33.6 Å². The molecule has 0 aliphatic carbocycles. The van der Waals surface area contributed by atoms with Crippen LogP contribution in [0.25, 0.3) is 38.2 Å². The second-order valence-electron chi connectivity index (χ2n) is 7.43. The van der Waals surface area contributed by atoms with E-state index in [0.29, 0.717) is 17.4 Å². The molecule has 0 fully saturated rings. The molecule has 27 heavy (non-hydrogen) atoms. The Morgan fingerprint density at radius 2 is 1.81 bits per heavy atom. The van der Waals surface area contributed by atoms with Gasteiger partial charge < -0.3 is 9.26 Å². The molecule has 0 saturated carbocycles. The van der Waals surface area contributed by atoms with Gasteiger partial charge in [-0.25, -0.2) is 4.57 Å². The van der Waals surface area contributed by atoms with E-state index in [4.69, 9.17) is 11.0 Å². The summed E-state index contributed by atoms with van der Waals surface area (Å²) in [5.41, 5.74) is 7.33. The summed E-state index contributed by atoms with van der Waals surface area (Å²) in [6.45, 7) is 15.9. The molecule has 0 bridgehead atoms. The fourth-order valence-corrected chi connectivity index (χ4v) is 3.86. The average Bonchev–Trinajstić information content (AvgIpc) is 2.99. The van der Waals surface area contributed by atoms with Gasteiger partial charge in [-0.3, -0.25) is 0 Å². The summed E-state index contributed by atoms with van der Waals surface area (Å²) in [5.74, 6) is 0.797. The molecule has 0 aliphatic rings. The highest BCUT2D eigenvalue weighted by molar-refractivity contribution is 6.09. The number of hydrogen-bond acceptors (Lipinski definition) is 2. The Bertz CT molecular complexity index is 1240. The molecular formula is C23H22N3O+. The number of benzene rings is 1. The zero-order valence-electron chi connectivity index (χ0n) is 16.3. The van der Waals surface area contributed by atoms with Crippen molar-refractivity contribution < 1.29 is 8.98 Å². The van der Waals surface area contributed by atoms with Gasteiger partial charge in [-0.2, -0.15) is 0 Å². The van der Waals surface area contributed by atoms with Crippen LogP contribution in [0.2, 0.25) is 0 Å². The van der Waals surface area contributed by atoms with Gasteiger partial charge in [0.25, 0.3) is 5.82 Å². The lowest BCUT2D eigenvalue weighted by Gasteiger charge is -2.12. The Kier molecular flexibility index (Phi) is 3.96. The Morgan fingerprint density at radius 1 is 1.07 bits per heavy atom. The van der Waals surface area contributed by atoms with E-state index >= 15 is 0 Å². The van der Waals surface area contributed by atoms with Gasteiger partial charge in [0.2, 0.25) is 5.69 Å². The van der Waals surface area contributed by atoms with Crippen molar-refractivity contribution in [3.8, 4) is 11.3 Å². The molecule has 4 rings (SSSR count). The monoisotopic (exact) mass is 356 g/mol. The van der Waals surface area contributed by atoms with E-state index in [2.05, 4.69) is 73.5 Å². The SMILES string of the molecule is [C-]#[N+]c1ccc2c(n1)oc1c(-c3cc(C(C)C)c(C)c[n+]3C)c(C)ccc12. The van der Waals surface area contributed by atoms with Gasteiger partial charge in [-0.1, -0.05) is 43.6 Å².